The number of nitrogens with zero attached hydrogens (tertiary/aromatic N) is 3. The Balaban J connectivity index is 1.48. The van der Waals surface area contributed by atoms with E-state index in [-0.39, 0.29) is 0 Å². The first-order valence-electron chi connectivity index (χ1n) is 5.64. The van der Waals surface area contributed by atoms with Crippen LogP contribution < -0.4 is 5.32 Å². The first-order chi connectivity index (χ1) is 7.45. The molecule has 15 heavy (non-hydrogen) atoms. The van der Waals surface area contributed by atoms with Gasteiger partial charge in [-0.2, -0.15) is 0 Å². The molecular formula is C10H18N4S. The highest BCUT2D eigenvalue weighted by Gasteiger charge is 2.09. The highest BCUT2D eigenvalue weighted by atomic mass is 32.1. The van der Waals surface area contributed by atoms with E-state index in [0.29, 0.717) is 0 Å². The van der Waals surface area contributed by atoms with E-state index in [4.69, 9.17) is 0 Å². The highest BCUT2D eigenvalue weighted by Crippen LogP contribution is 2.06. The lowest BCUT2D eigenvalue weighted by Crippen LogP contribution is -2.24. The topological polar surface area (TPSA) is 41.1 Å². The Morgan fingerprint density at radius 2 is 2.27 bits per heavy atom. The van der Waals surface area contributed by atoms with E-state index in [1.165, 1.54) is 50.4 Å². The molecule has 0 unspecified atom stereocenters. The van der Waals surface area contributed by atoms with Gasteiger partial charge in [0.15, 0.2) is 0 Å². The number of nitrogens with one attached hydrogen (secondary N) is 1. The number of aromatic nitrogens is 2. The molecule has 0 atom stereocenters. The van der Waals surface area contributed by atoms with Gasteiger partial charge in [0.25, 0.3) is 0 Å². The van der Waals surface area contributed by atoms with Crippen LogP contribution in [0.25, 0.3) is 0 Å². The smallest absolute Gasteiger partial charge is 0.0893 e. The van der Waals surface area contributed by atoms with Crippen LogP contribution in [0.2, 0.25) is 0 Å². The summed E-state index contributed by atoms with van der Waals surface area (Å²) in [4.78, 5) is 2.55. The molecule has 2 heterocycles. The van der Waals surface area contributed by atoms with Gasteiger partial charge in [-0.15, -0.1) is 5.10 Å². The fraction of sp³-hybridized carbons (Fsp3) is 0.800. The standard InChI is InChI=1S/C10H18N4S/c1-2-6-14(5-1)7-3-4-11-8-10-9-15-13-12-10/h9,11H,1-8H2. The summed E-state index contributed by atoms with van der Waals surface area (Å²) in [5.41, 5.74) is 1.06. The molecule has 1 N–H and O–H groups in total. The van der Waals surface area contributed by atoms with Crippen molar-refractivity contribution >= 4 is 11.5 Å². The molecule has 1 aromatic heterocycles. The van der Waals surface area contributed by atoms with Gasteiger partial charge < -0.3 is 10.2 Å². The highest BCUT2D eigenvalue weighted by molar-refractivity contribution is 7.03. The minimum atomic E-state index is 0.858. The van der Waals surface area contributed by atoms with Crippen molar-refractivity contribution in [3.8, 4) is 0 Å². The van der Waals surface area contributed by atoms with Gasteiger partial charge in [-0.1, -0.05) is 4.49 Å². The lowest BCUT2D eigenvalue weighted by atomic mass is 10.4. The Hall–Kier alpha value is -0.520. The second-order valence-corrected chi connectivity index (χ2v) is 4.59. The van der Waals surface area contributed by atoms with E-state index in [0.717, 1.165) is 18.8 Å². The third kappa shape index (κ3) is 3.85. The third-order valence-electron chi connectivity index (χ3n) is 2.74. The Morgan fingerprint density at radius 3 is 3.00 bits per heavy atom. The minimum Gasteiger partial charge on any atom is -0.311 e. The predicted molar refractivity (Wildman–Crippen MR) is 61.9 cm³/mol. The van der Waals surface area contributed by atoms with Gasteiger partial charge in [0.05, 0.1) is 5.69 Å². The van der Waals surface area contributed by atoms with Gasteiger partial charge in [-0.3, -0.25) is 0 Å². The van der Waals surface area contributed by atoms with Crippen LogP contribution in [0.4, 0.5) is 0 Å². The first-order valence-corrected chi connectivity index (χ1v) is 6.48. The summed E-state index contributed by atoms with van der Waals surface area (Å²) in [6.07, 6.45) is 4.01. The largest absolute Gasteiger partial charge is 0.311 e. The number of rotatable bonds is 6. The molecule has 0 aliphatic carbocycles. The molecule has 1 aliphatic rings. The van der Waals surface area contributed by atoms with Gasteiger partial charge in [0.1, 0.15) is 0 Å². The molecule has 0 saturated carbocycles. The summed E-state index contributed by atoms with van der Waals surface area (Å²) in [7, 11) is 0. The zero-order chi connectivity index (χ0) is 10.3. The lowest BCUT2D eigenvalue weighted by molar-refractivity contribution is 0.331. The van der Waals surface area contributed by atoms with E-state index >= 15 is 0 Å². The molecule has 0 radical (unpaired) electrons. The fourth-order valence-electron chi connectivity index (χ4n) is 1.91. The van der Waals surface area contributed by atoms with Crippen molar-refractivity contribution in [3.63, 3.8) is 0 Å². The fourth-order valence-corrected chi connectivity index (χ4v) is 2.36. The monoisotopic (exact) mass is 226 g/mol. The van der Waals surface area contributed by atoms with Crippen molar-refractivity contribution in [2.24, 2.45) is 0 Å². The zero-order valence-corrected chi connectivity index (χ0v) is 9.80. The van der Waals surface area contributed by atoms with E-state index in [1.807, 2.05) is 5.38 Å². The van der Waals surface area contributed by atoms with Crippen LogP contribution in [0.15, 0.2) is 5.38 Å². The number of hydrogen-bond donors (Lipinski definition) is 1. The summed E-state index contributed by atoms with van der Waals surface area (Å²) in [6.45, 7) is 5.78. The van der Waals surface area contributed by atoms with Crippen LogP contribution in [0.1, 0.15) is 25.0 Å². The predicted octanol–water partition coefficient (Wildman–Crippen LogP) is 1.11. The molecule has 2 rings (SSSR count). The van der Waals surface area contributed by atoms with Crippen molar-refractivity contribution in [3.05, 3.63) is 11.1 Å². The summed E-state index contributed by atoms with van der Waals surface area (Å²) in [5.74, 6) is 0. The SMILES string of the molecule is c1snnc1CNCCCN1CCCC1. The van der Waals surface area contributed by atoms with Crippen molar-refractivity contribution in [1.29, 1.82) is 0 Å². The van der Waals surface area contributed by atoms with Gasteiger partial charge in [0.2, 0.25) is 0 Å². The quantitative estimate of drug-likeness (QED) is 0.738. The minimum absolute atomic E-state index is 0.858. The Morgan fingerprint density at radius 1 is 1.40 bits per heavy atom. The van der Waals surface area contributed by atoms with E-state index in [1.54, 1.807) is 0 Å². The summed E-state index contributed by atoms with van der Waals surface area (Å²) in [6, 6.07) is 0. The van der Waals surface area contributed by atoms with Crippen LogP contribution in [0.3, 0.4) is 0 Å². The molecule has 4 nitrogen and oxygen atoms in total. The van der Waals surface area contributed by atoms with E-state index < -0.39 is 0 Å². The Labute approximate surface area is 94.8 Å². The molecule has 0 amide bonds. The average Bonchev–Trinajstić information content (AvgIpc) is 2.88. The second-order valence-electron chi connectivity index (χ2n) is 3.98. The molecule has 0 bridgehead atoms. The Bertz CT molecular complexity index is 256. The van der Waals surface area contributed by atoms with Crippen molar-refractivity contribution in [1.82, 2.24) is 19.8 Å². The number of likely N-dealkylation sites (tertiary alicyclic amines) is 1. The van der Waals surface area contributed by atoms with Crippen LogP contribution in [-0.2, 0) is 6.54 Å². The molecule has 0 spiro atoms. The molecule has 84 valence electrons. The molecule has 1 aliphatic heterocycles. The summed E-state index contributed by atoms with van der Waals surface area (Å²) in [5, 5.41) is 9.37. The zero-order valence-electron chi connectivity index (χ0n) is 8.98. The van der Waals surface area contributed by atoms with Crippen molar-refractivity contribution in [2.75, 3.05) is 26.2 Å². The summed E-state index contributed by atoms with van der Waals surface area (Å²) < 4.78 is 3.83. The third-order valence-corrected chi connectivity index (χ3v) is 3.29. The average molecular weight is 226 g/mol. The second kappa shape index (κ2) is 6.15. The van der Waals surface area contributed by atoms with Crippen LogP contribution in [0.5, 0.6) is 0 Å². The van der Waals surface area contributed by atoms with Gasteiger partial charge in [0, 0.05) is 11.9 Å². The maximum absolute atomic E-state index is 3.99. The maximum Gasteiger partial charge on any atom is 0.0893 e. The first kappa shape index (κ1) is 11.0. The van der Waals surface area contributed by atoms with E-state index in [2.05, 4.69) is 19.8 Å². The summed E-state index contributed by atoms with van der Waals surface area (Å²) >= 11 is 1.41. The lowest BCUT2D eigenvalue weighted by Gasteiger charge is -2.13. The van der Waals surface area contributed by atoms with E-state index in [9.17, 15) is 0 Å². The van der Waals surface area contributed by atoms with Gasteiger partial charge >= 0.3 is 0 Å². The maximum atomic E-state index is 3.99. The van der Waals surface area contributed by atoms with Crippen molar-refractivity contribution in [2.45, 2.75) is 25.8 Å². The molecular weight excluding hydrogens is 208 g/mol. The van der Waals surface area contributed by atoms with Crippen LogP contribution in [-0.4, -0.2) is 40.7 Å². The molecule has 1 aromatic rings. The normalized spacial score (nSPS) is 17.3. The molecule has 1 fully saturated rings. The molecule has 1 saturated heterocycles. The molecule has 0 aromatic carbocycles. The molecule has 5 heteroatoms. The Kier molecular flexibility index (Phi) is 4.50. The number of hydrogen-bond acceptors (Lipinski definition) is 5. The van der Waals surface area contributed by atoms with Crippen LogP contribution in [0, 0.1) is 0 Å². The van der Waals surface area contributed by atoms with Gasteiger partial charge in [-0.25, -0.2) is 0 Å². The van der Waals surface area contributed by atoms with Gasteiger partial charge in [-0.05, 0) is 57.0 Å². The van der Waals surface area contributed by atoms with Crippen LogP contribution >= 0.6 is 11.5 Å². The van der Waals surface area contributed by atoms with Crippen molar-refractivity contribution < 1.29 is 0 Å².